The molecule has 0 bridgehead atoms. The molecule has 3 aromatic carbocycles. The lowest BCUT2D eigenvalue weighted by Crippen LogP contribution is -2.12. The number of ether oxygens (including phenoxy) is 2. The molecule has 0 saturated carbocycles. The van der Waals surface area contributed by atoms with Gasteiger partial charge in [-0.1, -0.05) is 6.07 Å². The van der Waals surface area contributed by atoms with Crippen LogP contribution in [0.2, 0.25) is 0 Å². The van der Waals surface area contributed by atoms with Crippen molar-refractivity contribution in [1.29, 1.82) is 0 Å². The van der Waals surface area contributed by atoms with Gasteiger partial charge in [-0.25, -0.2) is 4.68 Å². The van der Waals surface area contributed by atoms with Gasteiger partial charge in [-0.2, -0.15) is 0 Å². The van der Waals surface area contributed by atoms with Gasteiger partial charge in [0.05, 0.1) is 12.3 Å². The lowest BCUT2D eigenvalue weighted by Gasteiger charge is -2.09. The van der Waals surface area contributed by atoms with Crippen LogP contribution in [-0.4, -0.2) is 32.7 Å². The van der Waals surface area contributed by atoms with Crippen molar-refractivity contribution in [3.63, 3.8) is 0 Å². The lowest BCUT2D eigenvalue weighted by molar-refractivity contribution is 0.102. The van der Waals surface area contributed by atoms with E-state index in [0.717, 1.165) is 5.75 Å². The van der Waals surface area contributed by atoms with Crippen molar-refractivity contribution >= 4 is 11.6 Å². The second-order valence-electron chi connectivity index (χ2n) is 6.29. The first-order valence-corrected chi connectivity index (χ1v) is 9.37. The highest BCUT2D eigenvalue weighted by molar-refractivity contribution is 6.04. The van der Waals surface area contributed by atoms with E-state index in [-0.39, 0.29) is 5.91 Å². The first-order valence-electron chi connectivity index (χ1n) is 9.37. The maximum absolute atomic E-state index is 12.6. The van der Waals surface area contributed by atoms with E-state index in [4.69, 9.17) is 9.47 Å². The number of nitrogens with one attached hydrogen (secondary N) is 1. The van der Waals surface area contributed by atoms with Crippen molar-refractivity contribution in [3.8, 4) is 22.9 Å². The Balaban J connectivity index is 1.39. The Kier molecular flexibility index (Phi) is 5.66. The molecule has 1 N–H and O–H groups in total. The molecule has 1 heterocycles. The summed E-state index contributed by atoms with van der Waals surface area (Å²) in [6.07, 6.45) is 1.47. The number of carbonyl (C=O) groups excluding carboxylic acids is 1. The largest absolute Gasteiger partial charge is 0.494 e. The van der Waals surface area contributed by atoms with Gasteiger partial charge in [-0.3, -0.25) is 4.79 Å². The molecule has 0 aliphatic rings. The fourth-order valence-corrected chi connectivity index (χ4v) is 2.79. The van der Waals surface area contributed by atoms with E-state index in [1.165, 1.54) is 11.0 Å². The van der Waals surface area contributed by atoms with Crippen molar-refractivity contribution in [2.45, 2.75) is 6.92 Å². The number of aromatic nitrogens is 4. The number of anilines is 1. The zero-order valence-electron chi connectivity index (χ0n) is 16.2. The minimum absolute atomic E-state index is 0.231. The molecule has 4 rings (SSSR count). The Hall–Kier alpha value is -4.20. The van der Waals surface area contributed by atoms with Crippen LogP contribution in [0.3, 0.4) is 0 Å². The zero-order chi connectivity index (χ0) is 20.8. The average Bonchev–Trinajstić information content (AvgIpc) is 3.32. The van der Waals surface area contributed by atoms with Gasteiger partial charge < -0.3 is 14.8 Å². The Morgan fingerprint density at radius 3 is 2.33 bits per heavy atom. The van der Waals surface area contributed by atoms with E-state index in [1.54, 1.807) is 42.5 Å². The summed E-state index contributed by atoms with van der Waals surface area (Å²) in [6.45, 7) is 2.56. The van der Waals surface area contributed by atoms with Crippen LogP contribution in [0.4, 0.5) is 5.69 Å². The molecule has 30 heavy (non-hydrogen) atoms. The van der Waals surface area contributed by atoms with Gasteiger partial charge in [0.2, 0.25) is 0 Å². The van der Waals surface area contributed by atoms with Gasteiger partial charge in [-0.15, -0.1) is 5.10 Å². The molecule has 1 amide bonds. The highest BCUT2D eigenvalue weighted by Gasteiger charge is 2.09. The molecular formula is C22H19N5O3. The van der Waals surface area contributed by atoms with Gasteiger partial charge in [0.25, 0.3) is 5.91 Å². The molecule has 0 fully saturated rings. The second kappa shape index (κ2) is 8.87. The minimum Gasteiger partial charge on any atom is -0.494 e. The third-order valence-corrected chi connectivity index (χ3v) is 4.20. The van der Waals surface area contributed by atoms with Crippen LogP contribution in [0, 0.1) is 0 Å². The van der Waals surface area contributed by atoms with Crippen molar-refractivity contribution in [3.05, 3.63) is 84.7 Å². The summed E-state index contributed by atoms with van der Waals surface area (Å²) in [5.74, 6) is 1.93. The van der Waals surface area contributed by atoms with Crippen LogP contribution in [0.1, 0.15) is 17.3 Å². The number of tetrazole rings is 1. The smallest absolute Gasteiger partial charge is 0.255 e. The molecule has 150 valence electrons. The first-order chi connectivity index (χ1) is 14.7. The number of hydrogen-bond donors (Lipinski definition) is 1. The molecular weight excluding hydrogens is 382 g/mol. The van der Waals surface area contributed by atoms with Gasteiger partial charge in [0.15, 0.2) is 0 Å². The summed E-state index contributed by atoms with van der Waals surface area (Å²) < 4.78 is 12.7. The monoisotopic (exact) mass is 401 g/mol. The number of benzene rings is 3. The maximum Gasteiger partial charge on any atom is 0.255 e. The van der Waals surface area contributed by atoms with Crippen molar-refractivity contribution in [1.82, 2.24) is 20.2 Å². The number of amides is 1. The quantitative estimate of drug-likeness (QED) is 0.501. The Morgan fingerprint density at radius 2 is 1.67 bits per heavy atom. The SMILES string of the molecule is CCOc1ccc(Oc2ccc(NC(=O)c3cccc(-n4cnnn4)c3)cc2)cc1. The third-order valence-electron chi connectivity index (χ3n) is 4.20. The average molecular weight is 401 g/mol. The summed E-state index contributed by atoms with van der Waals surface area (Å²) in [7, 11) is 0. The van der Waals surface area contributed by atoms with E-state index < -0.39 is 0 Å². The Labute approximate surface area is 173 Å². The number of rotatable bonds is 7. The topological polar surface area (TPSA) is 91.2 Å². The molecule has 8 heteroatoms. The molecule has 1 aromatic heterocycles. The summed E-state index contributed by atoms with van der Waals surface area (Å²) >= 11 is 0. The molecule has 0 aliphatic heterocycles. The zero-order valence-corrected chi connectivity index (χ0v) is 16.2. The molecule has 4 aromatic rings. The predicted molar refractivity (Wildman–Crippen MR) is 111 cm³/mol. The van der Waals surface area contributed by atoms with E-state index >= 15 is 0 Å². The number of carbonyl (C=O) groups is 1. The lowest BCUT2D eigenvalue weighted by atomic mass is 10.2. The van der Waals surface area contributed by atoms with Crippen LogP contribution >= 0.6 is 0 Å². The fourth-order valence-electron chi connectivity index (χ4n) is 2.79. The van der Waals surface area contributed by atoms with Gasteiger partial charge >= 0.3 is 0 Å². The summed E-state index contributed by atoms with van der Waals surface area (Å²) in [5.41, 5.74) is 1.86. The van der Waals surface area contributed by atoms with Crippen LogP contribution in [-0.2, 0) is 0 Å². The van der Waals surface area contributed by atoms with Gasteiger partial charge in [-0.05, 0) is 84.1 Å². The molecule has 0 unspecified atom stereocenters. The van der Waals surface area contributed by atoms with Crippen LogP contribution < -0.4 is 14.8 Å². The molecule has 0 atom stereocenters. The standard InChI is InChI=1S/C22H19N5O3/c1-2-29-19-10-12-21(13-11-19)30-20-8-6-17(7-9-20)24-22(28)16-4-3-5-18(14-16)27-15-23-25-26-27/h3-15H,2H2,1H3,(H,24,28). The summed E-state index contributed by atoms with van der Waals surface area (Å²) in [6, 6.07) is 21.6. The van der Waals surface area contributed by atoms with Crippen molar-refractivity contribution in [2.75, 3.05) is 11.9 Å². The van der Waals surface area contributed by atoms with Crippen LogP contribution in [0.5, 0.6) is 17.2 Å². The molecule has 8 nitrogen and oxygen atoms in total. The minimum atomic E-state index is -0.231. The van der Waals surface area contributed by atoms with Gasteiger partial charge in [0.1, 0.15) is 23.6 Å². The second-order valence-corrected chi connectivity index (χ2v) is 6.29. The molecule has 0 radical (unpaired) electrons. The van der Waals surface area contributed by atoms with Crippen LogP contribution in [0.15, 0.2) is 79.1 Å². The summed E-state index contributed by atoms with van der Waals surface area (Å²) in [4.78, 5) is 12.6. The van der Waals surface area contributed by atoms with E-state index in [1.807, 2.05) is 37.3 Å². The molecule has 0 saturated heterocycles. The Morgan fingerprint density at radius 1 is 0.967 bits per heavy atom. The summed E-state index contributed by atoms with van der Waals surface area (Å²) in [5, 5.41) is 13.9. The Bertz CT molecular complexity index is 1110. The van der Waals surface area contributed by atoms with Crippen molar-refractivity contribution in [2.24, 2.45) is 0 Å². The van der Waals surface area contributed by atoms with Gasteiger partial charge in [0, 0.05) is 11.3 Å². The van der Waals surface area contributed by atoms with E-state index in [0.29, 0.717) is 35.0 Å². The number of nitrogens with zero attached hydrogens (tertiary/aromatic N) is 4. The predicted octanol–water partition coefficient (Wildman–Crippen LogP) is 4.11. The first kappa shape index (κ1) is 19.1. The normalized spacial score (nSPS) is 10.4. The third kappa shape index (κ3) is 4.61. The highest BCUT2D eigenvalue weighted by atomic mass is 16.5. The van der Waals surface area contributed by atoms with Crippen LogP contribution in [0.25, 0.3) is 5.69 Å². The van der Waals surface area contributed by atoms with E-state index in [9.17, 15) is 4.79 Å². The van der Waals surface area contributed by atoms with Crippen molar-refractivity contribution < 1.29 is 14.3 Å². The van der Waals surface area contributed by atoms with E-state index in [2.05, 4.69) is 20.8 Å². The number of hydrogen-bond acceptors (Lipinski definition) is 6. The molecule has 0 aliphatic carbocycles. The highest BCUT2D eigenvalue weighted by Crippen LogP contribution is 2.25. The molecule has 0 spiro atoms. The maximum atomic E-state index is 12.6. The fraction of sp³-hybridized carbons (Fsp3) is 0.0909.